The molecule has 0 bridgehead atoms. The lowest BCUT2D eigenvalue weighted by Crippen LogP contribution is -2.37. The van der Waals surface area contributed by atoms with Gasteiger partial charge in [-0.25, -0.2) is 0 Å². The van der Waals surface area contributed by atoms with E-state index < -0.39 is 6.10 Å². The van der Waals surface area contributed by atoms with Crippen LogP contribution in [0.15, 0.2) is 24.3 Å². The van der Waals surface area contributed by atoms with E-state index in [2.05, 4.69) is 12.2 Å². The Bertz CT molecular complexity index is 437. The topological polar surface area (TPSA) is 73.6 Å². The summed E-state index contributed by atoms with van der Waals surface area (Å²) in [5, 5.41) is 2.75. The van der Waals surface area contributed by atoms with Crippen LogP contribution < -0.4 is 15.8 Å². The van der Waals surface area contributed by atoms with Gasteiger partial charge in [0.2, 0.25) is 0 Å². The molecule has 0 saturated carbocycles. The molecule has 1 aromatic rings. The number of methoxy groups -OCH3 is 1. The van der Waals surface area contributed by atoms with Gasteiger partial charge in [-0.2, -0.15) is 0 Å². The third-order valence-electron chi connectivity index (χ3n) is 3.21. The fourth-order valence-corrected chi connectivity index (χ4v) is 1.87. The van der Waals surface area contributed by atoms with Gasteiger partial charge in [-0.3, -0.25) is 4.79 Å². The molecule has 0 radical (unpaired) electrons. The van der Waals surface area contributed by atoms with Crippen molar-refractivity contribution in [3.05, 3.63) is 29.8 Å². The van der Waals surface area contributed by atoms with E-state index in [0.717, 1.165) is 18.4 Å². The van der Waals surface area contributed by atoms with Crippen molar-refractivity contribution in [3.8, 4) is 5.75 Å². The molecule has 0 saturated heterocycles. The van der Waals surface area contributed by atoms with Crippen LogP contribution in [-0.4, -0.2) is 38.3 Å². The molecule has 0 aromatic heterocycles. The lowest BCUT2D eigenvalue weighted by molar-refractivity contribution is -0.127. The summed E-state index contributed by atoms with van der Waals surface area (Å²) in [4.78, 5) is 11.8. The third kappa shape index (κ3) is 6.60. The number of ether oxygens (including phenoxy) is 2. The summed E-state index contributed by atoms with van der Waals surface area (Å²) in [6, 6.07) is 7.87. The Kier molecular flexibility index (Phi) is 7.79. The molecule has 1 rings (SSSR count). The lowest BCUT2D eigenvalue weighted by atomic mass is 10.0. The van der Waals surface area contributed by atoms with Crippen molar-refractivity contribution in [1.29, 1.82) is 0 Å². The predicted octanol–water partition coefficient (Wildman–Crippen LogP) is 1.50. The number of benzene rings is 1. The zero-order valence-corrected chi connectivity index (χ0v) is 13.1. The first kappa shape index (κ1) is 17.5. The highest BCUT2D eigenvalue weighted by atomic mass is 16.5. The molecule has 5 heteroatoms. The van der Waals surface area contributed by atoms with Gasteiger partial charge >= 0.3 is 0 Å². The van der Waals surface area contributed by atoms with E-state index in [1.54, 1.807) is 14.0 Å². The molecule has 0 aliphatic carbocycles. The van der Waals surface area contributed by atoms with E-state index in [4.69, 9.17) is 15.2 Å². The molecule has 0 heterocycles. The molecule has 1 amide bonds. The molecule has 0 fully saturated rings. The van der Waals surface area contributed by atoms with Crippen molar-refractivity contribution in [2.75, 3.05) is 20.3 Å². The Morgan fingerprint density at radius 1 is 1.43 bits per heavy atom. The van der Waals surface area contributed by atoms with Crippen LogP contribution in [-0.2, 0) is 16.0 Å². The summed E-state index contributed by atoms with van der Waals surface area (Å²) in [5.41, 5.74) is 7.08. The maximum atomic E-state index is 11.8. The van der Waals surface area contributed by atoms with E-state index in [0.29, 0.717) is 18.9 Å². The number of hydrogen-bond acceptors (Lipinski definition) is 4. The molecule has 2 unspecified atom stereocenters. The molecule has 21 heavy (non-hydrogen) atoms. The van der Waals surface area contributed by atoms with Crippen LogP contribution in [0.3, 0.4) is 0 Å². The van der Waals surface area contributed by atoms with Crippen molar-refractivity contribution in [3.63, 3.8) is 0 Å². The summed E-state index contributed by atoms with van der Waals surface area (Å²) in [6.45, 7) is 4.77. The second-order valence-electron chi connectivity index (χ2n) is 5.06. The zero-order chi connectivity index (χ0) is 15.7. The van der Waals surface area contributed by atoms with Gasteiger partial charge in [-0.05, 0) is 37.5 Å². The number of carbonyl (C=O) groups is 1. The summed E-state index contributed by atoms with van der Waals surface area (Å²) < 4.78 is 10.6. The van der Waals surface area contributed by atoms with Gasteiger partial charge in [0.1, 0.15) is 5.75 Å². The monoisotopic (exact) mass is 294 g/mol. The summed E-state index contributed by atoms with van der Waals surface area (Å²) in [7, 11) is 1.60. The van der Waals surface area contributed by atoms with Crippen LogP contribution >= 0.6 is 0 Å². The summed E-state index contributed by atoms with van der Waals surface area (Å²) >= 11 is 0. The van der Waals surface area contributed by atoms with Gasteiger partial charge in [0.25, 0.3) is 5.91 Å². The highest BCUT2D eigenvalue weighted by Crippen LogP contribution is 2.16. The summed E-state index contributed by atoms with van der Waals surface area (Å²) in [6.07, 6.45) is 1.20. The van der Waals surface area contributed by atoms with Crippen LogP contribution in [0.2, 0.25) is 0 Å². The highest BCUT2D eigenvalue weighted by Gasteiger charge is 2.14. The second-order valence-corrected chi connectivity index (χ2v) is 5.06. The van der Waals surface area contributed by atoms with Crippen molar-refractivity contribution in [1.82, 2.24) is 5.32 Å². The van der Waals surface area contributed by atoms with Gasteiger partial charge in [-0.1, -0.05) is 19.1 Å². The normalized spacial score (nSPS) is 13.5. The van der Waals surface area contributed by atoms with Crippen molar-refractivity contribution < 1.29 is 14.3 Å². The number of hydrogen-bond donors (Lipinski definition) is 2. The fourth-order valence-electron chi connectivity index (χ4n) is 1.87. The van der Waals surface area contributed by atoms with E-state index >= 15 is 0 Å². The van der Waals surface area contributed by atoms with Crippen LogP contribution in [0, 0.1) is 0 Å². The number of nitrogens with one attached hydrogen (secondary N) is 1. The van der Waals surface area contributed by atoms with Crippen LogP contribution in [0.25, 0.3) is 0 Å². The largest absolute Gasteiger partial charge is 0.481 e. The van der Waals surface area contributed by atoms with Crippen molar-refractivity contribution in [2.45, 2.75) is 38.8 Å². The molecule has 118 valence electrons. The first-order valence-corrected chi connectivity index (χ1v) is 7.34. The first-order chi connectivity index (χ1) is 10.1. The average Bonchev–Trinajstić information content (AvgIpc) is 2.47. The molecule has 5 nitrogen and oxygen atoms in total. The quantitative estimate of drug-likeness (QED) is 0.677. The van der Waals surface area contributed by atoms with E-state index in [9.17, 15) is 4.79 Å². The average molecular weight is 294 g/mol. The highest BCUT2D eigenvalue weighted by molar-refractivity contribution is 5.80. The Hall–Kier alpha value is -1.59. The SMILES string of the molecule is CCC(N)Cc1cccc(OC(C)C(=O)NCCOC)c1. The van der Waals surface area contributed by atoms with Gasteiger partial charge in [-0.15, -0.1) is 0 Å². The maximum Gasteiger partial charge on any atom is 0.260 e. The van der Waals surface area contributed by atoms with E-state index in [1.807, 2.05) is 24.3 Å². The van der Waals surface area contributed by atoms with Gasteiger partial charge in [0, 0.05) is 19.7 Å². The molecular formula is C16H26N2O3. The molecule has 0 aliphatic rings. The Morgan fingerprint density at radius 2 is 2.19 bits per heavy atom. The van der Waals surface area contributed by atoms with Crippen LogP contribution in [0.5, 0.6) is 5.75 Å². The Morgan fingerprint density at radius 3 is 2.86 bits per heavy atom. The Labute approximate surface area is 126 Å². The second kappa shape index (κ2) is 9.37. The number of rotatable bonds is 9. The minimum Gasteiger partial charge on any atom is -0.481 e. The number of nitrogens with two attached hydrogens (primary N) is 1. The van der Waals surface area contributed by atoms with Crippen molar-refractivity contribution in [2.24, 2.45) is 5.73 Å². The van der Waals surface area contributed by atoms with Gasteiger partial charge in [0.15, 0.2) is 6.10 Å². The summed E-state index contributed by atoms with van der Waals surface area (Å²) in [5.74, 6) is 0.535. The fraction of sp³-hybridized carbons (Fsp3) is 0.562. The molecular weight excluding hydrogens is 268 g/mol. The first-order valence-electron chi connectivity index (χ1n) is 7.34. The smallest absolute Gasteiger partial charge is 0.260 e. The predicted molar refractivity (Wildman–Crippen MR) is 83.4 cm³/mol. The standard InChI is InChI=1S/C16H26N2O3/c1-4-14(17)10-13-6-5-7-15(11-13)21-12(2)16(19)18-8-9-20-3/h5-7,11-12,14H,4,8-10,17H2,1-3H3,(H,18,19). The van der Waals surface area contributed by atoms with Gasteiger partial charge in [0.05, 0.1) is 6.61 Å². The minimum atomic E-state index is -0.544. The van der Waals surface area contributed by atoms with Crippen LogP contribution in [0.1, 0.15) is 25.8 Å². The van der Waals surface area contributed by atoms with Crippen molar-refractivity contribution >= 4 is 5.91 Å². The molecule has 0 spiro atoms. The van der Waals surface area contributed by atoms with Gasteiger partial charge < -0.3 is 20.5 Å². The minimum absolute atomic E-state index is 0.148. The molecule has 2 atom stereocenters. The van der Waals surface area contributed by atoms with E-state index in [-0.39, 0.29) is 11.9 Å². The Balaban J connectivity index is 2.53. The lowest BCUT2D eigenvalue weighted by Gasteiger charge is -2.16. The zero-order valence-electron chi connectivity index (χ0n) is 13.1. The molecule has 3 N–H and O–H groups in total. The number of amides is 1. The number of carbonyl (C=O) groups excluding carboxylic acids is 1. The third-order valence-corrected chi connectivity index (χ3v) is 3.21. The van der Waals surface area contributed by atoms with Crippen LogP contribution in [0.4, 0.5) is 0 Å². The molecule has 1 aromatic carbocycles. The van der Waals surface area contributed by atoms with E-state index in [1.165, 1.54) is 0 Å². The maximum absolute atomic E-state index is 11.8. The molecule has 0 aliphatic heterocycles.